The van der Waals surface area contributed by atoms with Crippen LogP contribution in [0.5, 0.6) is 0 Å². The lowest BCUT2D eigenvalue weighted by atomic mass is 10.1. The third-order valence-corrected chi connectivity index (χ3v) is 4.21. The Balaban J connectivity index is 1.54. The fourth-order valence-electron chi connectivity index (χ4n) is 2.99. The number of aryl methyl sites for hydroxylation is 1. The van der Waals surface area contributed by atoms with Crippen molar-refractivity contribution in [2.45, 2.75) is 25.7 Å². The lowest BCUT2D eigenvalue weighted by molar-refractivity contribution is 0.0953. The minimum absolute atomic E-state index is 0.0203. The van der Waals surface area contributed by atoms with Gasteiger partial charge in [-0.1, -0.05) is 30.3 Å². The molecule has 2 heterocycles. The molecule has 120 valence electrons. The summed E-state index contributed by atoms with van der Waals surface area (Å²) in [4.78, 5) is 19.1. The van der Waals surface area contributed by atoms with Crippen LogP contribution >= 0.6 is 0 Å². The molecule has 0 spiro atoms. The van der Waals surface area contributed by atoms with Crippen molar-refractivity contribution >= 4 is 11.7 Å². The molecule has 4 heteroatoms. The molecule has 1 aliphatic heterocycles. The van der Waals surface area contributed by atoms with Crippen molar-refractivity contribution in [3.05, 3.63) is 59.8 Å². The van der Waals surface area contributed by atoms with E-state index in [-0.39, 0.29) is 5.91 Å². The van der Waals surface area contributed by atoms with Gasteiger partial charge in [0.25, 0.3) is 5.91 Å². The summed E-state index contributed by atoms with van der Waals surface area (Å²) in [5.41, 5.74) is 2.00. The maximum absolute atomic E-state index is 12.5. The van der Waals surface area contributed by atoms with Crippen molar-refractivity contribution in [3.63, 3.8) is 0 Å². The van der Waals surface area contributed by atoms with Crippen LogP contribution in [-0.4, -0.2) is 30.5 Å². The maximum atomic E-state index is 12.5. The van der Waals surface area contributed by atoms with Crippen LogP contribution in [0.2, 0.25) is 0 Å². The molecule has 0 aliphatic carbocycles. The van der Waals surface area contributed by atoms with E-state index in [9.17, 15) is 4.79 Å². The van der Waals surface area contributed by atoms with E-state index in [0.29, 0.717) is 12.1 Å². The van der Waals surface area contributed by atoms with Gasteiger partial charge in [0.2, 0.25) is 0 Å². The molecule has 0 radical (unpaired) electrons. The van der Waals surface area contributed by atoms with Crippen LogP contribution in [0.25, 0.3) is 0 Å². The molecule has 0 unspecified atom stereocenters. The minimum atomic E-state index is -0.0203. The van der Waals surface area contributed by atoms with Gasteiger partial charge in [0, 0.05) is 25.8 Å². The molecule has 1 saturated heterocycles. The van der Waals surface area contributed by atoms with Gasteiger partial charge < -0.3 is 10.2 Å². The third kappa shape index (κ3) is 4.09. The summed E-state index contributed by atoms with van der Waals surface area (Å²) in [6.07, 6.45) is 6.03. The van der Waals surface area contributed by atoms with Crippen LogP contribution in [0.1, 0.15) is 35.2 Å². The Bertz CT molecular complexity index is 636. The van der Waals surface area contributed by atoms with Gasteiger partial charge in [-0.3, -0.25) is 4.79 Å². The predicted octanol–water partition coefficient (Wildman–Crippen LogP) is 3.04. The maximum Gasteiger partial charge on any atom is 0.255 e. The number of carbonyl (C=O) groups is 1. The molecule has 1 aromatic carbocycles. The van der Waals surface area contributed by atoms with E-state index in [0.717, 1.165) is 31.7 Å². The van der Waals surface area contributed by atoms with Gasteiger partial charge >= 0.3 is 0 Å². The van der Waals surface area contributed by atoms with E-state index in [1.54, 1.807) is 6.20 Å². The molecule has 0 atom stereocenters. The van der Waals surface area contributed by atoms with Gasteiger partial charge in [-0.2, -0.15) is 0 Å². The zero-order chi connectivity index (χ0) is 15.9. The van der Waals surface area contributed by atoms with Crippen LogP contribution in [0, 0.1) is 0 Å². The number of hydrogen-bond acceptors (Lipinski definition) is 3. The number of anilines is 1. The van der Waals surface area contributed by atoms with Crippen LogP contribution in [-0.2, 0) is 6.42 Å². The first-order valence-corrected chi connectivity index (χ1v) is 8.37. The molecular formula is C19H23N3O. The highest BCUT2D eigenvalue weighted by Crippen LogP contribution is 2.21. The molecule has 1 fully saturated rings. The Hall–Kier alpha value is -2.36. The molecule has 1 amide bonds. The second-order valence-corrected chi connectivity index (χ2v) is 5.91. The molecule has 0 saturated carbocycles. The predicted molar refractivity (Wildman–Crippen MR) is 92.8 cm³/mol. The molecule has 1 N–H and O–H groups in total. The Labute approximate surface area is 137 Å². The fraction of sp³-hybridized carbons (Fsp3) is 0.368. The Kier molecular flexibility index (Phi) is 5.25. The number of nitrogens with one attached hydrogen (secondary N) is 1. The van der Waals surface area contributed by atoms with E-state index in [1.165, 1.54) is 18.4 Å². The highest BCUT2D eigenvalue weighted by atomic mass is 16.1. The van der Waals surface area contributed by atoms with Gasteiger partial charge in [0.15, 0.2) is 0 Å². The van der Waals surface area contributed by atoms with E-state index in [1.807, 2.05) is 30.3 Å². The molecule has 1 aromatic heterocycles. The third-order valence-electron chi connectivity index (χ3n) is 4.21. The average Bonchev–Trinajstić information content (AvgIpc) is 3.14. The van der Waals surface area contributed by atoms with Crippen LogP contribution in [0.4, 0.5) is 5.82 Å². The van der Waals surface area contributed by atoms with Gasteiger partial charge in [-0.15, -0.1) is 0 Å². The summed E-state index contributed by atoms with van der Waals surface area (Å²) in [6, 6.07) is 14.1. The SMILES string of the molecule is O=C(NCCCc1ccccc1)c1cccnc1N1CCCC1. The second-order valence-electron chi connectivity index (χ2n) is 5.91. The summed E-state index contributed by atoms with van der Waals surface area (Å²) in [6.45, 7) is 2.67. The van der Waals surface area contributed by atoms with Crippen molar-refractivity contribution in [2.75, 3.05) is 24.5 Å². The zero-order valence-electron chi connectivity index (χ0n) is 13.4. The number of amides is 1. The van der Waals surface area contributed by atoms with E-state index in [2.05, 4.69) is 27.3 Å². The van der Waals surface area contributed by atoms with E-state index < -0.39 is 0 Å². The van der Waals surface area contributed by atoms with Gasteiger partial charge in [0.05, 0.1) is 5.56 Å². The summed E-state index contributed by atoms with van der Waals surface area (Å²) < 4.78 is 0. The number of rotatable bonds is 6. The quantitative estimate of drug-likeness (QED) is 0.834. The molecule has 2 aromatic rings. The number of aromatic nitrogens is 1. The van der Waals surface area contributed by atoms with E-state index in [4.69, 9.17) is 0 Å². The lowest BCUT2D eigenvalue weighted by Crippen LogP contribution is -2.29. The standard InChI is InChI=1S/C19H23N3O/c23-19(21-13-6-10-16-8-2-1-3-9-16)17-11-7-12-20-18(17)22-14-4-5-15-22/h1-3,7-9,11-12H,4-6,10,13-15H2,(H,21,23). The second kappa shape index (κ2) is 7.77. The van der Waals surface area contributed by atoms with Crippen molar-refractivity contribution in [1.82, 2.24) is 10.3 Å². The Morgan fingerprint density at radius 1 is 1.09 bits per heavy atom. The topological polar surface area (TPSA) is 45.2 Å². The minimum Gasteiger partial charge on any atom is -0.356 e. The molecule has 3 rings (SSSR count). The van der Waals surface area contributed by atoms with Crippen LogP contribution < -0.4 is 10.2 Å². The summed E-state index contributed by atoms with van der Waals surface area (Å²) in [5, 5.41) is 3.03. The van der Waals surface area contributed by atoms with E-state index >= 15 is 0 Å². The van der Waals surface area contributed by atoms with Gasteiger partial charge in [-0.05, 0) is 43.4 Å². The normalized spacial score (nSPS) is 14.0. The largest absolute Gasteiger partial charge is 0.356 e. The molecule has 0 bridgehead atoms. The lowest BCUT2D eigenvalue weighted by Gasteiger charge is -2.19. The number of benzene rings is 1. The summed E-state index contributed by atoms with van der Waals surface area (Å²) in [5.74, 6) is 0.804. The number of hydrogen-bond donors (Lipinski definition) is 1. The van der Waals surface area contributed by atoms with Crippen molar-refractivity contribution in [2.24, 2.45) is 0 Å². The zero-order valence-corrected chi connectivity index (χ0v) is 13.4. The molecule has 4 nitrogen and oxygen atoms in total. The average molecular weight is 309 g/mol. The van der Waals surface area contributed by atoms with Crippen molar-refractivity contribution in [1.29, 1.82) is 0 Å². The van der Waals surface area contributed by atoms with Crippen LogP contribution in [0.15, 0.2) is 48.7 Å². The first kappa shape index (κ1) is 15.5. The van der Waals surface area contributed by atoms with Gasteiger partial charge in [0.1, 0.15) is 5.82 Å². The number of pyridine rings is 1. The summed E-state index contributed by atoms with van der Waals surface area (Å²) in [7, 11) is 0. The number of nitrogens with zero attached hydrogens (tertiary/aromatic N) is 2. The summed E-state index contributed by atoms with van der Waals surface area (Å²) >= 11 is 0. The highest BCUT2D eigenvalue weighted by Gasteiger charge is 2.20. The Morgan fingerprint density at radius 2 is 1.87 bits per heavy atom. The van der Waals surface area contributed by atoms with Crippen molar-refractivity contribution < 1.29 is 4.79 Å². The van der Waals surface area contributed by atoms with Crippen LogP contribution in [0.3, 0.4) is 0 Å². The van der Waals surface area contributed by atoms with Crippen molar-refractivity contribution in [3.8, 4) is 0 Å². The fourth-order valence-corrected chi connectivity index (χ4v) is 2.99. The first-order valence-electron chi connectivity index (χ1n) is 8.37. The smallest absolute Gasteiger partial charge is 0.255 e. The molecule has 23 heavy (non-hydrogen) atoms. The molecular weight excluding hydrogens is 286 g/mol. The number of carbonyl (C=O) groups excluding carboxylic acids is 1. The van der Waals surface area contributed by atoms with Gasteiger partial charge in [-0.25, -0.2) is 4.98 Å². The Morgan fingerprint density at radius 3 is 2.65 bits per heavy atom. The first-order chi connectivity index (χ1) is 11.3. The monoisotopic (exact) mass is 309 g/mol. The molecule has 1 aliphatic rings. The highest BCUT2D eigenvalue weighted by molar-refractivity contribution is 5.98.